The predicted molar refractivity (Wildman–Crippen MR) is 106 cm³/mol. The van der Waals surface area contributed by atoms with Gasteiger partial charge in [0.2, 0.25) is 0 Å². The average molecular weight is 410 g/mol. The van der Waals surface area contributed by atoms with Crippen molar-refractivity contribution in [3.8, 4) is 17.1 Å². The van der Waals surface area contributed by atoms with Gasteiger partial charge < -0.3 is 5.32 Å². The molecule has 4 aromatic rings. The van der Waals surface area contributed by atoms with Crippen molar-refractivity contribution in [3.05, 3.63) is 84.1 Å². The maximum absolute atomic E-state index is 13.4. The fourth-order valence-corrected chi connectivity index (χ4v) is 2.93. The number of aromatic nitrogens is 5. The normalized spacial score (nSPS) is 11.5. The third-order valence-corrected chi connectivity index (χ3v) is 4.38. The molecule has 0 saturated heterocycles. The first-order chi connectivity index (χ1) is 14.4. The topological polar surface area (TPSA) is 68.5 Å². The van der Waals surface area contributed by atoms with Crippen LogP contribution in [0.5, 0.6) is 0 Å². The van der Waals surface area contributed by atoms with Crippen molar-refractivity contribution in [2.75, 3.05) is 5.32 Å². The van der Waals surface area contributed by atoms with Crippen molar-refractivity contribution < 1.29 is 13.2 Å². The van der Waals surface area contributed by atoms with Crippen molar-refractivity contribution in [2.24, 2.45) is 0 Å². The summed E-state index contributed by atoms with van der Waals surface area (Å²) >= 11 is 0. The number of pyridine rings is 1. The quantitative estimate of drug-likeness (QED) is 0.518. The standard InChI is InChI=1S/C21H17F3N6/c1-14-8-11-30(29-14)17-5-3-2-4-16(17)13-26-19-12-18(21(22,23)24)27-20(28-19)15-6-9-25-10-7-15/h2-12H,13H2,1H3,(H,26,27,28). The van der Waals surface area contributed by atoms with E-state index in [2.05, 4.69) is 25.4 Å². The molecule has 0 amide bonds. The van der Waals surface area contributed by atoms with Crippen molar-refractivity contribution >= 4 is 5.82 Å². The molecule has 0 saturated carbocycles. The Morgan fingerprint density at radius 2 is 1.77 bits per heavy atom. The van der Waals surface area contributed by atoms with Crippen LogP contribution in [-0.4, -0.2) is 24.7 Å². The lowest BCUT2D eigenvalue weighted by Gasteiger charge is -2.14. The van der Waals surface area contributed by atoms with E-state index in [1.807, 2.05) is 43.5 Å². The predicted octanol–water partition coefficient (Wildman–Crippen LogP) is 4.66. The summed E-state index contributed by atoms with van der Waals surface area (Å²) in [5.41, 5.74) is 2.00. The number of hydrogen-bond acceptors (Lipinski definition) is 5. The summed E-state index contributed by atoms with van der Waals surface area (Å²) in [6, 6.07) is 13.4. The van der Waals surface area contributed by atoms with Gasteiger partial charge in [0.05, 0.1) is 11.4 Å². The highest BCUT2D eigenvalue weighted by Crippen LogP contribution is 2.31. The third kappa shape index (κ3) is 4.29. The number of nitrogens with zero attached hydrogens (tertiary/aromatic N) is 5. The van der Waals surface area contributed by atoms with Crippen LogP contribution >= 0.6 is 0 Å². The van der Waals surface area contributed by atoms with Crippen LogP contribution in [-0.2, 0) is 12.7 Å². The molecule has 0 aliphatic carbocycles. The molecule has 0 atom stereocenters. The van der Waals surface area contributed by atoms with Crippen molar-refractivity contribution in [2.45, 2.75) is 19.6 Å². The zero-order valence-corrected chi connectivity index (χ0v) is 15.9. The summed E-state index contributed by atoms with van der Waals surface area (Å²) in [6.45, 7) is 2.15. The molecular formula is C21H17F3N6. The van der Waals surface area contributed by atoms with Crippen LogP contribution in [0.2, 0.25) is 0 Å². The Morgan fingerprint density at radius 3 is 2.47 bits per heavy atom. The number of aryl methyl sites for hydroxylation is 1. The molecule has 0 radical (unpaired) electrons. The molecule has 0 aliphatic rings. The van der Waals surface area contributed by atoms with Crippen LogP contribution in [0.3, 0.4) is 0 Å². The van der Waals surface area contributed by atoms with Crippen LogP contribution in [0.15, 0.2) is 67.1 Å². The van der Waals surface area contributed by atoms with Crippen molar-refractivity contribution in [1.29, 1.82) is 0 Å². The summed E-state index contributed by atoms with van der Waals surface area (Å²) < 4.78 is 41.8. The highest BCUT2D eigenvalue weighted by molar-refractivity contribution is 5.57. The highest BCUT2D eigenvalue weighted by Gasteiger charge is 2.33. The first kappa shape index (κ1) is 19.6. The monoisotopic (exact) mass is 410 g/mol. The fourth-order valence-electron chi connectivity index (χ4n) is 2.93. The molecular weight excluding hydrogens is 393 g/mol. The number of nitrogens with one attached hydrogen (secondary N) is 1. The molecule has 1 N–H and O–H groups in total. The van der Waals surface area contributed by atoms with Crippen molar-refractivity contribution in [3.63, 3.8) is 0 Å². The van der Waals surface area contributed by atoms with Gasteiger partial charge in [-0.1, -0.05) is 18.2 Å². The SMILES string of the molecule is Cc1ccn(-c2ccccc2CNc2cc(C(F)(F)F)nc(-c3ccncc3)n2)n1. The Bertz CT molecular complexity index is 1150. The lowest BCUT2D eigenvalue weighted by molar-refractivity contribution is -0.141. The summed E-state index contributed by atoms with van der Waals surface area (Å²) in [5.74, 6) is 0.0568. The van der Waals surface area contributed by atoms with Crippen molar-refractivity contribution in [1.82, 2.24) is 24.7 Å². The van der Waals surface area contributed by atoms with Gasteiger partial charge in [-0.05, 0) is 36.8 Å². The van der Waals surface area contributed by atoms with E-state index in [4.69, 9.17) is 0 Å². The minimum absolute atomic E-state index is 0.0225. The van der Waals surface area contributed by atoms with E-state index in [-0.39, 0.29) is 18.2 Å². The molecule has 3 heterocycles. The van der Waals surface area contributed by atoms with Gasteiger partial charge in [-0.15, -0.1) is 0 Å². The Morgan fingerprint density at radius 1 is 1.00 bits per heavy atom. The van der Waals surface area contributed by atoms with E-state index in [0.717, 1.165) is 23.0 Å². The average Bonchev–Trinajstić information content (AvgIpc) is 3.18. The Labute approximate surface area is 170 Å². The van der Waals surface area contributed by atoms with Gasteiger partial charge in [-0.25, -0.2) is 14.6 Å². The van der Waals surface area contributed by atoms with E-state index in [0.29, 0.717) is 5.56 Å². The summed E-state index contributed by atoms with van der Waals surface area (Å²) in [6.07, 6.45) is 0.205. The Balaban J connectivity index is 1.66. The third-order valence-electron chi connectivity index (χ3n) is 4.38. The lowest BCUT2D eigenvalue weighted by Crippen LogP contribution is -2.12. The number of anilines is 1. The molecule has 0 unspecified atom stereocenters. The number of rotatable bonds is 5. The smallest absolute Gasteiger partial charge is 0.366 e. The molecule has 4 rings (SSSR count). The molecule has 152 valence electrons. The zero-order valence-electron chi connectivity index (χ0n) is 15.9. The highest BCUT2D eigenvalue weighted by atomic mass is 19.4. The molecule has 1 aromatic carbocycles. The second kappa shape index (κ2) is 7.94. The summed E-state index contributed by atoms with van der Waals surface area (Å²) in [5, 5.41) is 7.40. The number of para-hydroxylation sites is 1. The van der Waals surface area contributed by atoms with Gasteiger partial charge in [0.1, 0.15) is 5.82 Å². The largest absolute Gasteiger partial charge is 0.433 e. The molecule has 0 spiro atoms. The van der Waals surface area contributed by atoms with E-state index < -0.39 is 11.9 Å². The van der Waals surface area contributed by atoms with Gasteiger partial charge >= 0.3 is 6.18 Å². The molecule has 9 heteroatoms. The van der Waals surface area contributed by atoms with Gasteiger partial charge in [-0.3, -0.25) is 4.98 Å². The minimum atomic E-state index is -4.59. The minimum Gasteiger partial charge on any atom is -0.366 e. The Kier molecular flexibility index (Phi) is 5.18. The van der Waals surface area contributed by atoms with E-state index >= 15 is 0 Å². The molecule has 30 heavy (non-hydrogen) atoms. The number of alkyl halides is 3. The first-order valence-corrected chi connectivity index (χ1v) is 9.11. The van der Waals surface area contributed by atoms with Crippen LogP contribution < -0.4 is 5.32 Å². The van der Waals surface area contributed by atoms with Crippen LogP contribution in [0.25, 0.3) is 17.1 Å². The molecule has 3 aromatic heterocycles. The molecule has 0 bridgehead atoms. The summed E-state index contributed by atoms with van der Waals surface area (Å²) in [4.78, 5) is 11.8. The second-order valence-electron chi connectivity index (χ2n) is 6.58. The zero-order chi connectivity index (χ0) is 21.1. The van der Waals surface area contributed by atoms with Gasteiger partial charge in [0.25, 0.3) is 0 Å². The molecule has 0 fully saturated rings. The lowest BCUT2D eigenvalue weighted by atomic mass is 10.1. The number of hydrogen-bond donors (Lipinski definition) is 1. The van der Waals surface area contributed by atoms with Gasteiger partial charge in [-0.2, -0.15) is 18.3 Å². The van der Waals surface area contributed by atoms with Crippen LogP contribution in [0.1, 0.15) is 17.0 Å². The Hall–Kier alpha value is -3.75. The number of halogens is 3. The molecule has 6 nitrogen and oxygen atoms in total. The van der Waals surface area contributed by atoms with Gasteiger partial charge in [0, 0.05) is 36.8 Å². The van der Waals surface area contributed by atoms with E-state index in [9.17, 15) is 13.2 Å². The van der Waals surface area contributed by atoms with E-state index in [1.165, 1.54) is 12.4 Å². The summed E-state index contributed by atoms with van der Waals surface area (Å²) in [7, 11) is 0. The number of benzene rings is 1. The fraction of sp³-hybridized carbons (Fsp3) is 0.143. The van der Waals surface area contributed by atoms with Gasteiger partial charge in [0.15, 0.2) is 11.5 Å². The van der Waals surface area contributed by atoms with Crippen LogP contribution in [0, 0.1) is 6.92 Å². The van der Waals surface area contributed by atoms with Crippen LogP contribution in [0.4, 0.5) is 19.0 Å². The first-order valence-electron chi connectivity index (χ1n) is 9.11. The molecule has 0 aliphatic heterocycles. The second-order valence-corrected chi connectivity index (χ2v) is 6.58. The maximum atomic E-state index is 13.4. The van der Waals surface area contributed by atoms with E-state index in [1.54, 1.807) is 16.8 Å². The maximum Gasteiger partial charge on any atom is 0.433 e.